The van der Waals surface area contributed by atoms with Crippen LogP contribution in [0.4, 0.5) is 23.2 Å². The van der Waals surface area contributed by atoms with Crippen LogP contribution in [0.15, 0.2) is 41.2 Å². The number of halogens is 4. The van der Waals surface area contributed by atoms with Gasteiger partial charge in [0.05, 0.1) is 11.6 Å². The fourth-order valence-electron chi connectivity index (χ4n) is 4.86. The van der Waals surface area contributed by atoms with Gasteiger partial charge in [-0.1, -0.05) is 19.9 Å². The average Bonchev–Trinajstić information content (AvgIpc) is 2.74. The summed E-state index contributed by atoms with van der Waals surface area (Å²) in [7, 11) is 0. The molecule has 2 aromatic carbocycles. The first-order valence-electron chi connectivity index (χ1n) is 10.7. The third-order valence-corrected chi connectivity index (χ3v) is 6.58. The van der Waals surface area contributed by atoms with Crippen molar-refractivity contribution in [3.05, 3.63) is 69.3 Å². The first-order chi connectivity index (χ1) is 15.5. The maximum atomic E-state index is 14.8. The zero-order valence-electron chi connectivity index (χ0n) is 18.1. The molecule has 2 unspecified atom stereocenters. The lowest BCUT2D eigenvalue weighted by molar-refractivity contribution is -0.272. The van der Waals surface area contributed by atoms with Gasteiger partial charge in [-0.25, -0.2) is 4.39 Å². The van der Waals surface area contributed by atoms with Gasteiger partial charge in [0.15, 0.2) is 5.60 Å². The van der Waals surface area contributed by atoms with E-state index in [1.807, 2.05) is 0 Å². The Morgan fingerprint density at radius 1 is 1.21 bits per heavy atom. The van der Waals surface area contributed by atoms with Gasteiger partial charge in [0.25, 0.3) is 0 Å². The summed E-state index contributed by atoms with van der Waals surface area (Å²) in [6, 6.07) is 6.54. The van der Waals surface area contributed by atoms with Crippen LogP contribution >= 0.6 is 0 Å². The molecule has 0 spiro atoms. The molecule has 0 saturated carbocycles. The number of phenolic OH excluding ortho intramolecular Hbond substituents is 1. The molecule has 9 heteroatoms. The van der Waals surface area contributed by atoms with Crippen molar-refractivity contribution in [2.75, 3.05) is 5.32 Å². The third-order valence-electron chi connectivity index (χ3n) is 6.58. The summed E-state index contributed by atoms with van der Waals surface area (Å²) in [6.07, 6.45) is -5.35. The van der Waals surface area contributed by atoms with Crippen molar-refractivity contribution < 1.29 is 27.8 Å². The smallest absolute Gasteiger partial charge is 0.419 e. The average molecular weight is 464 g/mol. The lowest BCUT2D eigenvalue weighted by Gasteiger charge is -2.46. The van der Waals surface area contributed by atoms with E-state index in [0.29, 0.717) is 10.9 Å². The molecule has 0 saturated heterocycles. The number of anilines is 1. The highest BCUT2D eigenvalue weighted by molar-refractivity contribution is 5.91. The summed E-state index contributed by atoms with van der Waals surface area (Å²) in [5, 5.41) is 25.0. The van der Waals surface area contributed by atoms with Gasteiger partial charge in [-0.15, -0.1) is 0 Å². The highest BCUT2D eigenvalue weighted by atomic mass is 19.4. The molecule has 0 fully saturated rings. The summed E-state index contributed by atoms with van der Waals surface area (Å²) >= 11 is 0. The highest BCUT2D eigenvalue weighted by Crippen LogP contribution is 2.56. The van der Waals surface area contributed by atoms with E-state index in [1.165, 1.54) is 18.2 Å². The molecule has 0 aliphatic heterocycles. The maximum Gasteiger partial charge on any atom is 0.419 e. The standard InChI is InChI=1S/C24H24F4N2O3/c1-3-12-11-23(33,24(26,27)28)22(15-10-16(25)13(4-2)21(32)20(12)15)30-18-7-5-6-17-14(18)8-9-19(31)29-17/h5-10,12,22,30,32-33H,3-4,11H2,1-2H3,(H,29,31)/t12?,22?,23-/m1/s1. The van der Waals surface area contributed by atoms with E-state index in [0.717, 1.165) is 6.07 Å². The van der Waals surface area contributed by atoms with Crippen molar-refractivity contribution >= 4 is 16.6 Å². The minimum Gasteiger partial charge on any atom is -0.507 e. The van der Waals surface area contributed by atoms with Crippen LogP contribution in [0, 0.1) is 5.82 Å². The molecule has 4 rings (SSSR count). The van der Waals surface area contributed by atoms with E-state index in [9.17, 15) is 32.6 Å². The van der Waals surface area contributed by atoms with Crippen molar-refractivity contribution in [3.8, 4) is 5.75 Å². The summed E-state index contributed by atoms with van der Waals surface area (Å²) in [4.78, 5) is 14.3. The van der Waals surface area contributed by atoms with Gasteiger partial charge in [-0.05, 0) is 55.0 Å². The van der Waals surface area contributed by atoms with Crippen LogP contribution in [-0.2, 0) is 6.42 Å². The Bertz CT molecular complexity index is 1270. The van der Waals surface area contributed by atoms with Crippen molar-refractivity contribution in [2.24, 2.45) is 0 Å². The van der Waals surface area contributed by atoms with Gasteiger partial charge >= 0.3 is 6.18 Å². The summed E-state index contributed by atoms with van der Waals surface area (Å²) in [6.45, 7) is 3.31. The SMILES string of the molecule is CCc1c(F)cc2c(c1O)C(CC)C[C@](O)(C(F)(F)F)C2Nc1cccc2[nH]c(=O)ccc12. The Morgan fingerprint density at radius 3 is 2.58 bits per heavy atom. The molecule has 3 atom stereocenters. The number of alkyl halides is 3. The predicted octanol–water partition coefficient (Wildman–Crippen LogP) is 5.28. The van der Waals surface area contributed by atoms with Gasteiger partial charge < -0.3 is 20.5 Å². The highest BCUT2D eigenvalue weighted by Gasteiger charge is 2.62. The van der Waals surface area contributed by atoms with Gasteiger partial charge in [0.2, 0.25) is 5.56 Å². The number of benzene rings is 2. The van der Waals surface area contributed by atoms with Crippen molar-refractivity contribution in [2.45, 2.75) is 56.8 Å². The molecule has 3 aromatic rings. The van der Waals surface area contributed by atoms with E-state index in [-0.39, 0.29) is 46.5 Å². The lowest BCUT2D eigenvalue weighted by atomic mass is 9.68. The molecule has 176 valence electrons. The third kappa shape index (κ3) is 3.64. The van der Waals surface area contributed by atoms with E-state index >= 15 is 0 Å². The molecule has 0 bridgehead atoms. The largest absolute Gasteiger partial charge is 0.507 e. The monoisotopic (exact) mass is 464 g/mol. The number of nitrogens with one attached hydrogen (secondary N) is 2. The van der Waals surface area contributed by atoms with Crippen LogP contribution in [0.25, 0.3) is 10.9 Å². The molecule has 1 aromatic heterocycles. The number of pyridine rings is 1. The molecular formula is C24H24F4N2O3. The summed E-state index contributed by atoms with van der Waals surface area (Å²) in [5.74, 6) is -2.01. The number of hydrogen-bond donors (Lipinski definition) is 4. The lowest BCUT2D eigenvalue weighted by Crippen LogP contribution is -2.55. The Morgan fingerprint density at radius 2 is 1.94 bits per heavy atom. The minimum absolute atomic E-state index is 0.0335. The van der Waals surface area contributed by atoms with Gasteiger partial charge in [-0.2, -0.15) is 13.2 Å². The molecule has 5 nitrogen and oxygen atoms in total. The number of aromatic amines is 1. The molecule has 0 amide bonds. The number of phenols is 1. The normalized spacial score (nSPS) is 22.9. The Hall–Kier alpha value is -3.07. The molecule has 1 aliphatic rings. The zero-order chi connectivity index (χ0) is 24.1. The predicted molar refractivity (Wildman–Crippen MR) is 117 cm³/mol. The molecular weight excluding hydrogens is 440 g/mol. The second kappa shape index (κ2) is 8.06. The van der Waals surface area contributed by atoms with E-state index in [1.54, 1.807) is 26.0 Å². The fourth-order valence-corrected chi connectivity index (χ4v) is 4.86. The summed E-state index contributed by atoms with van der Waals surface area (Å²) in [5.41, 5.74) is -2.88. The topological polar surface area (TPSA) is 85.3 Å². The van der Waals surface area contributed by atoms with Crippen LogP contribution in [0.5, 0.6) is 5.75 Å². The molecule has 1 aliphatic carbocycles. The van der Waals surface area contributed by atoms with Crippen molar-refractivity contribution in [1.29, 1.82) is 0 Å². The Kier molecular flexibility index (Phi) is 5.64. The summed E-state index contributed by atoms with van der Waals surface area (Å²) < 4.78 is 57.7. The second-order valence-electron chi connectivity index (χ2n) is 8.44. The fraction of sp³-hybridized carbons (Fsp3) is 0.375. The van der Waals surface area contributed by atoms with Crippen LogP contribution in [0.2, 0.25) is 0 Å². The number of aliphatic hydroxyl groups is 1. The molecule has 1 heterocycles. The minimum atomic E-state index is -5.04. The number of fused-ring (bicyclic) bond motifs is 2. The van der Waals surface area contributed by atoms with Gasteiger partial charge in [0, 0.05) is 28.3 Å². The molecule has 4 N–H and O–H groups in total. The maximum absolute atomic E-state index is 14.8. The first kappa shape index (κ1) is 23.1. The number of hydrogen-bond acceptors (Lipinski definition) is 4. The van der Waals surface area contributed by atoms with Crippen molar-refractivity contribution in [3.63, 3.8) is 0 Å². The Labute approximate surface area is 187 Å². The van der Waals surface area contributed by atoms with Crippen molar-refractivity contribution in [1.82, 2.24) is 4.98 Å². The zero-order valence-corrected chi connectivity index (χ0v) is 18.1. The van der Waals surface area contributed by atoms with Crippen LogP contribution in [-0.4, -0.2) is 27.0 Å². The number of rotatable bonds is 4. The quantitative estimate of drug-likeness (QED) is 0.396. The Balaban J connectivity index is 1.97. The number of aromatic nitrogens is 1. The van der Waals surface area contributed by atoms with E-state index < -0.39 is 36.0 Å². The van der Waals surface area contributed by atoms with Crippen LogP contribution in [0.3, 0.4) is 0 Å². The van der Waals surface area contributed by atoms with E-state index in [2.05, 4.69) is 10.3 Å². The first-order valence-corrected chi connectivity index (χ1v) is 10.7. The van der Waals surface area contributed by atoms with Crippen LogP contribution < -0.4 is 10.9 Å². The second-order valence-corrected chi connectivity index (χ2v) is 8.44. The van der Waals surface area contributed by atoms with Gasteiger partial charge in [-0.3, -0.25) is 4.79 Å². The van der Waals surface area contributed by atoms with E-state index in [4.69, 9.17) is 0 Å². The number of H-pyrrole nitrogens is 1. The molecule has 33 heavy (non-hydrogen) atoms. The van der Waals surface area contributed by atoms with Crippen LogP contribution in [0.1, 0.15) is 55.3 Å². The number of aromatic hydroxyl groups is 1. The van der Waals surface area contributed by atoms with Gasteiger partial charge in [0.1, 0.15) is 11.6 Å². The molecule has 0 radical (unpaired) electrons.